The zero-order valence-electron chi connectivity index (χ0n) is 10.0. The van der Waals surface area contributed by atoms with Crippen molar-refractivity contribution in [2.24, 2.45) is 5.73 Å². The van der Waals surface area contributed by atoms with Gasteiger partial charge in [0.1, 0.15) is 11.5 Å². The highest BCUT2D eigenvalue weighted by atomic mass is 16.7. The van der Waals surface area contributed by atoms with Crippen molar-refractivity contribution in [1.82, 2.24) is 0 Å². The fraction of sp³-hybridized carbons (Fsp3) is 0.500. The molecule has 0 aromatic heterocycles. The van der Waals surface area contributed by atoms with Crippen LogP contribution in [0.15, 0.2) is 18.2 Å². The Bertz CT molecular complexity index is 361. The van der Waals surface area contributed by atoms with Gasteiger partial charge in [0.2, 0.25) is 0 Å². The zero-order chi connectivity index (χ0) is 12.3. The second-order valence-electron chi connectivity index (χ2n) is 3.81. The van der Waals surface area contributed by atoms with E-state index in [0.29, 0.717) is 24.7 Å². The maximum absolute atomic E-state index is 5.64. The predicted molar refractivity (Wildman–Crippen MR) is 62.2 cm³/mol. The Morgan fingerprint density at radius 2 is 1.88 bits per heavy atom. The Morgan fingerprint density at radius 3 is 2.35 bits per heavy atom. The van der Waals surface area contributed by atoms with Gasteiger partial charge in [0.25, 0.3) is 0 Å². The monoisotopic (exact) mass is 239 g/mol. The maximum atomic E-state index is 5.64. The van der Waals surface area contributed by atoms with Crippen LogP contribution >= 0.6 is 0 Å². The van der Waals surface area contributed by atoms with E-state index in [1.807, 2.05) is 12.1 Å². The molecule has 1 aromatic rings. The molecule has 2 atom stereocenters. The second-order valence-corrected chi connectivity index (χ2v) is 3.81. The molecule has 2 rings (SSSR count). The van der Waals surface area contributed by atoms with Crippen molar-refractivity contribution in [2.75, 3.05) is 27.4 Å². The van der Waals surface area contributed by atoms with Crippen molar-refractivity contribution < 1.29 is 18.9 Å². The molecular weight excluding hydrogens is 222 g/mol. The summed E-state index contributed by atoms with van der Waals surface area (Å²) in [5.74, 6) is 1.42. The predicted octanol–water partition coefficient (Wildman–Crippen LogP) is 1.08. The average molecular weight is 239 g/mol. The van der Waals surface area contributed by atoms with Gasteiger partial charge in [-0.1, -0.05) is 0 Å². The number of hydrogen-bond donors (Lipinski definition) is 1. The lowest BCUT2D eigenvalue weighted by Gasteiger charge is -2.13. The molecule has 1 fully saturated rings. The molecule has 2 N–H and O–H groups in total. The van der Waals surface area contributed by atoms with Crippen LogP contribution in [0.25, 0.3) is 0 Å². The van der Waals surface area contributed by atoms with Gasteiger partial charge in [0, 0.05) is 18.2 Å². The molecule has 0 amide bonds. The smallest absolute Gasteiger partial charge is 0.184 e. The molecule has 1 heterocycles. The molecule has 0 saturated carbocycles. The summed E-state index contributed by atoms with van der Waals surface area (Å²) in [4.78, 5) is 0. The minimum atomic E-state index is -0.396. The van der Waals surface area contributed by atoms with Crippen LogP contribution in [0.3, 0.4) is 0 Å². The molecule has 0 bridgehead atoms. The molecule has 5 heteroatoms. The number of hydrogen-bond acceptors (Lipinski definition) is 5. The van der Waals surface area contributed by atoms with E-state index in [1.165, 1.54) is 0 Å². The van der Waals surface area contributed by atoms with E-state index in [4.69, 9.17) is 24.7 Å². The first-order chi connectivity index (χ1) is 8.26. The van der Waals surface area contributed by atoms with E-state index < -0.39 is 6.29 Å². The number of benzene rings is 1. The molecular formula is C12H17NO4. The summed E-state index contributed by atoms with van der Waals surface area (Å²) in [5.41, 5.74) is 6.40. The fourth-order valence-electron chi connectivity index (χ4n) is 1.71. The molecule has 5 nitrogen and oxygen atoms in total. The maximum Gasteiger partial charge on any atom is 0.184 e. The summed E-state index contributed by atoms with van der Waals surface area (Å²) < 4.78 is 21.6. The fourth-order valence-corrected chi connectivity index (χ4v) is 1.71. The van der Waals surface area contributed by atoms with Gasteiger partial charge in [-0.05, 0) is 12.1 Å². The van der Waals surface area contributed by atoms with E-state index in [0.717, 1.165) is 5.56 Å². The van der Waals surface area contributed by atoms with Gasteiger partial charge in [0.05, 0.1) is 26.9 Å². The zero-order valence-corrected chi connectivity index (χ0v) is 10.0. The Kier molecular flexibility index (Phi) is 3.83. The van der Waals surface area contributed by atoms with E-state index >= 15 is 0 Å². The standard InChI is InChI=1S/C12H17NO4/c1-14-9-3-8(4-10(5-9)15-2)12-16-7-11(6-13)17-12/h3-5,11-12H,6-7,13H2,1-2H3. The first-order valence-electron chi connectivity index (χ1n) is 5.47. The molecule has 0 aliphatic carbocycles. The van der Waals surface area contributed by atoms with Crippen LogP contribution in [0.5, 0.6) is 11.5 Å². The first-order valence-corrected chi connectivity index (χ1v) is 5.47. The highest BCUT2D eigenvalue weighted by Crippen LogP contribution is 2.32. The van der Waals surface area contributed by atoms with Crippen LogP contribution in [-0.2, 0) is 9.47 Å². The summed E-state index contributed by atoms with van der Waals surface area (Å²) in [5, 5.41) is 0. The lowest BCUT2D eigenvalue weighted by Crippen LogP contribution is -2.21. The van der Waals surface area contributed by atoms with Crippen LogP contribution < -0.4 is 15.2 Å². The highest BCUT2D eigenvalue weighted by Gasteiger charge is 2.27. The molecule has 2 unspecified atom stereocenters. The first kappa shape index (κ1) is 12.2. The molecule has 1 aliphatic rings. The van der Waals surface area contributed by atoms with Crippen LogP contribution in [0.2, 0.25) is 0 Å². The number of methoxy groups -OCH3 is 2. The third-order valence-corrected chi connectivity index (χ3v) is 2.66. The molecule has 17 heavy (non-hydrogen) atoms. The number of ether oxygens (including phenoxy) is 4. The second kappa shape index (κ2) is 5.35. The minimum absolute atomic E-state index is 0.0443. The highest BCUT2D eigenvalue weighted by molar-refractivity contribution is 5.39. The number of nitrogens with two attached hydrogens (primary N) is 1. The summed E-state index contributed by atoms with van der Waals surface area (Å²) in [7, 11) is 3.22. The van der Waals surface area contributed by atoms with Crippen molar-refractivity contribution in [3.05, 3.63) is 23.8 Å². The number of rotatable bonds is 4. The van der Waals surface area contributed by atoms with Gasteiger partial charge in [-0.15, -0.1) is 0 Å². The van der Waals surface area contributed by atoms with Gasteiger partial charge in [0.15, 0.2) is 6.29 Å². The summed E-state index contributed by atoms with van der Waals surface area (Å²) in [6.07, 6.45) is -0.440. The Morgan fingerprint density at radius 1 is 1.24 bits per heavy atom. The van der Waals surface area contributed by atoms with Crippen molar-refractivity contribution >= 4 is 0 Å². The third kappa shape index (κ3) is 2.69. The molecule has 1 aliphatic heterocycles. The molecule has 1 aromatic carbocycles. The quantitative estimate of drug-likeness (QED) is 0.851. The molecule has 1 saturated heterocycles. The average Bonchev–Trinajstić information content (AvgIpc) is 2.86. The van der Waals surface area contributed by atoms with Crippen molar-refractivity contribution in [1.29, 1.82) is 0 Å². The van der Waals surface area contributed by atoms with E-state index in [9.17, 15) is 0 Å². The van der Waals surface area contributed by atoms with E-state index in [-0.39, 0.29) is 6.10 Å². The van der Waals surface area contributed by atoms with Crippen LogP contribution in [-0.4, -0.2) is 33.5 Å². The van der Waals surface area contributed by atoms with Gasteiger partial charge in [-0.2, -0.15) is 0 Å². The van der Waals surface area contributed by atoms with Crippen molar-refractivity contribution in [3.8, 4) is 11.5 Å². The normalized spacial score (nSPS) is 23.7. The van der Waals surface area contributed by atoms with Crippen LogP contribution in [0, 0.1) is 0 Å². The molecule has 0 radical (unpaired) electrons. The van der Waals surface area contributed by atoms with Gasteiger partial charge >= 0.3 is 0 Å². The molecule has 0 spiro atoms. The topological polar surface area (TPSA) is 62.9 Å². The van der Waals surface area contributed by atoms with Crippen molar-refractivity contribution in [2.45, 2.75) is 12.4 Å². The Labute approximate surface area is 100 Å². The minimum Gasteiger partial charge on any atom is -0.497 e. The lowest BCUT2D eigenvalue weighted by molar-refractivity contribution is -0.0587. The van der Waals surface area contributed by atoms with Gasteiger partial charge in [-0.3, -0.25) is 0 Å². The SMILES string of the molecule is COc1cc(OC)cc(C2OCC(CN)O2)c1. The van der Waals surface area contributed by atoms with Crippen LogP contribution in [0.4, 0.5) is 0 Å². The Balaban J connectivity index is 2.20. The summed E-state index contributed by atoms with van der Waals surface area (Å²) >= 11 is 0. The summed E-state index contributed by atoms with van der Waals surface area (Å²) in [6, 6.07) is 5.54. The molecule has 94 valence electrons. The van der Waals surface area contributed by atoms with Crippen LogP contribution in [0.1, 0.15) is 11.9 Å². The largest absolute Gasteiger partial charge is 0.497 e. The third-order valence-electron chi connectivity index (χ3n) is 2.66. The Hall–Kier alpha value is -1.30. The lowest BCUT2D eigenvalue weighted by atomic mass is 10.2. The van der Waals surface area contributed by atoms with E-state index in [1.54, 1.807) is 20.3 Å². The summed E-state index contributed by atoms with van der Waals surface area (Å²) in [6.45, 7) is 0.971. The van der Waals surface area contributed by atoms with Gasteiger partial charge in [-0.25, -0.2) is 0 Å². The van der Waals surface area contributed by atoms with Gasteiger partial charge < -0.3 is 24.7 Å². The van der Waals surface area contributed by atoms with E-state index in [2.05, 4.69) is 0 Å². The van der Waals surface area contributed by atoms with Crippen molar-refractivity contribution in [3.63, 3.8) is 0 Å².